The predicted molar refractivity (Wildman–Crippen MR) is 98.3 cm³/mol. The van der Waals surface area contributed by atoms with Crippen LogP contribution in [-0.2, 0) is 11.3 Å². The zero-order valence-corrected chi connectivity index (χ0v) is 15.9. The summed E-state index contributed by atoms with van der Waals surface area (Å²) in [5.74, 6) is 1.45. The highest BCUT2D eigenvalue weighted by atomic mass is 79.9. The molecule has 0 fully saturated rings. The summed E-state index contributed by atoms with van der Waals surface area (Å²) in [6, 6.07) is 11.2. The van der Waals surface area contributed by atoms with E-state index in [0.717, 1.165) is 9.35 Å². The minimum atomic E-state index is -0.138. The van der Waals surface area contributed by atoms with Crippen molar-refractivity contribution in [1.29, 1.82) is 0 Å². The largest absolute Gasteiger partial charge is 0.484 e. The lowest BCUT2D eigenvalue weighted by Crippen LogP contribution is -2.34. The minimum Gasteiger partial charge on any atom is -0.484 e. The molecule has 0 saturated carbocycles. The average molecular weight is 422 g/mol. The fourth-order valence-corrected chi connectivity index (χ4v) is 3.05. The van der Waals surface area contributed by atoms with E-state index >= 15 is 0 Å². The Hall–Kier alpha value is -2.19. The predicted octanol–water partition coefficient (Wildman–Crippen LogP) is 3.99. The first-order valence-electron chi connectivity index (χ1n) is 7.68. The summed E-state index contributed by atoms with van der Waals surface area (Å²) in [5.41, 5.74) is 0. The molecular formula is C17H16BrN3O3S. The fourth-order valence-electron chi connectivity index (χ4n) is 2.13. The maximum atomic E-state index is 12.4. The van der Waals surface area contributed by atoms with Crippen molar-refractivity contribution in [1.82, 2.24) is 15.0 Å². The number of carbonyl (C=O) groups excluding carboxylic acids is 1. The van der Waals surface area contributed by atoms with E-state index in [1.807, 2.05) is 36.6 Å². The summed E-state index contributed by atoms with van der Waals surface area (Å²) in [5, 5.41) is 5.91. The third kappa shape index (κ3) is 4.67. The van der Waals surface area contributed by atoms with E-state index < -0.39 is 0 Å². The van der Waals surface area contributed by atoms with Gasteiger partial charge in [-0.15, -0.1) is 11.3 Å². The standard InChI is InChI=1S/C17H16BrN3O3S/c1-2-21(16(22)11-23-13-7-5-12(18)6-8-13)10-15-19-17(20-24-15)14-4-3-9-25-14/h3-9H,2,10-11H2,1H3. The lowest BCUT2D eigenvalue weighted by atomic mass is 10.3. The molecule has 130 valence electrons. The van der Waals surface area contributed by atoms with Crippen LogP contribution in [0.3, 0.4) is 0 Å². The molecule has 1 aromatic carbocycles. The van der Waals surface area contributed by atoms with E-state index in [2.05, 4.69) is 26.1 Å². The Morgan fingerprint density at radius 1 is 1.32 bits per heavy atom. The van der Waals surface area contributed by atoms with Crippen molar-refractivity contribution < 1.29 is 14.1 Å². The number of carbonyl (C=O) groups is 1. The van der Waals surface area contributed by atoms with Crippen LogP contribution in [0.4, 0.5) is 0 Å². The molecule has 0 saturated heterocycles. The molecule has 0 N–H and O–H groups in total. The third-order valence-corrected chi connectivity index (χ3v) is 4.84. The molecule has 25 heavy (non-hydrogen) atoms. The molecule has 3 rings (SSSR count). The number of ether oxygens (including phenoxy) is 1. The van der Waals surface area contributed by atoms with Gasteiger partial charge in [0, 0.05) is 11.0 Å². The van der Waals surface area contributed by atoms with Gasteiger partial charge >= 0.3 is 0 Å². The molecule has 0 unspecified atom stereocenters. The molecule has 0 bridgehead atoms. The van der Waals surface area contributed by atoms with E-state index in [9.17, 15) is 4.79 Å². The fraction of sp³-hybridized carbons (Fsp3) is 0.235. The Bertz CT molecular complexity index is 818. The highest BCUT2D eigenvalue weighted by Gasteiger charge is 2.17. The summed E-state index contributed by atoms with van der Waals surface area (Å²) in [4.78, 5) is 19.3. The van der Waals surface area contributed by atoms with Crippen molar-refractivity contribution >= 4 is 33.2 Å². The van der Waals surface area contributed by atoms with Gasteiger partial charge in [0.2, 0.25) is 11.7 Å². The summed E-state index contributed by atoms with van der Waals surface area (Å²) in [7, 11) is 0. The van der Waals surface area contributed by atoms with Gasteiger partial charge in [0.15, 0.2) is 6.61 Å². The summed E-state index contributed by atoms with van der Waals surface area (Å²) in [6.07, 6.45) is 0. The number of likely N-dealkylation sites (N-methyl/N-ethyl adjacent to an activating group) is 1. The van der Waals surface area contributed by atoms with Crippen LogP contribution in [0.25, 0.3) is 10.7 Å². The van der Waals surface area contributed by atoms with Crippen molar-refractivity contribution in [3.8, 4) is 16.5 Å². The van der Waals surface area contributed by atoms with Gasteiger partial charge in [0.25, 0.3) is 5.91 Å². The van der Waals surface area contributed by atoms with E-state index in [1.54, 1.807) is 17.0 Å². The Morgan fingerprint density at radius 2 is 2.12 bits per heavy atom. The minimum absolute atomic E-state index is 0.0403. The van der Waals surface area contributed by atoms with E-state index in [1.165, 1.54) is 11.3 Å². The molecule has 2 heterocycles. The molecule has 0 radical (unpaired) electrons. The molecule has 0 aliphatic heterocycles. The van der Waals surface area contributed by atoms with Gasteiger partial charge in [-0.25, -0.2) is 0 Å². The number of benzene rings is 1. The Morgan fingerprint density at radius 3 is 2.80 bits per heavy atom. The van der Waals surface area contributed by atoms with Crippen LogP contribution in [-0.4, -0.2) is 34.1 Å². The van der Waals surface area contributed by atoms with Gasteiger partial charge in [-0.3, -0.25) is 4.79 Å². The Balaban J connectivity index is 1.58. The molecule has 1 amide bonds. The molecule has 3 aromatic rings. The second kappa shape index (κ2) is 8.26. The number of rotatable bonds is 7. The van der Waals surface area contributed by atoms with Crippen LogP contribution in [0.15, 0.2) is 50.8 Å². The van der Waals surface area contributed by atoms with Gasteiger partial charge in [0.05, 0.1) is 4.88 Å². The maximum Gasteiger partial charge on any atom is 0.260 e. The first-order valence-corrected chi connectivity index (χ1v) is 9.35. The van der Waals surface area contributed by atoms with Crippen LogP contribution >= 0.6 is 27.3 Å². The molecule has 0 aliphatic rings. The van der Waals surface area contributed by atoms with Gasteiger partial charge in [0.1, 0.15) is 12.3 Å². The highest BCUT2D eigenvalue weighted by molar-refractivity contribution is 9.10. The van der Waals surface area contributed by atoms with Gasteiger partial charge < -0.3 is 14.2 Å². The quantitative estimate of drug-likeness (QED) is 0.576. The Labute approximate surface area is 157 Å². The normalized spacial score (nSPS) is 10.6. The molecular weight excluding hydrogens is 406 g/mol. The number of amides is 1. The zero-order chi connectivity index (χ0) is 17.6. The first-order chi connectivity index (χ1) is 12.2. The molecule has 0 spiro atoms. The van der Waals surface area contributed by atoms with Crippen LogP contribution in [0, 0.1) is 0 Å². The van der Waals surface area contributed by atoms with E-state index in [0.29, 0.717) is 24.0 Å². The van der Waals surface area contributed by atoms with Crippen LogP contribution in [0.1, 0.15) is 12.8 Å². The molecule has 6 nitrogen and oxygen atoms in total. The molecule has 2 aromatic heterocycles. The van der Waals surface area contributed by atoms with Gasteiger partial charge in [-0.2, -0.15) is 4.98 Å². The number of aromatic nitrogens is 2. The second-order valence-electron chi connectivity index (χ2n) is 5.14. The van der Waals surface area contributed by atoms with Crippen LogP contribution < -0.4 is 4.74 Å². The summed E-state index contributed by atoms with van der Waals surface area (Å²) in [6.45, 7) is 2.64. The van der Waals surface area contributed by atoms with E-state index in [4.69, 9.17) is 9.26 Å². The molecule has 0 aliphatic carbocycles. The second-order valence-corrected chi connectivity index (χ2v) is 7.00. The third-order valence-electron chi connectivity index (χ3n) is 3.45. The highest BCUT2D eigenvalue weighted by Crippen LogP contribution is 2.21. The smallest absolute Gasteiger partial charge is 0.260 e. The van der Waals surface area contributed by atoms with Crippen molar-refractivity contribution in [3.05, 3.63) is 52.1 Å². The number of hydrogen-bond acceptors (Lipinski definition) is 6. The number of thiophene rings is 1. The lowest BCUT2D eigenvalue weighted by molar-refractivity contribution is -0.134. The zero-order valence-electron chi connectivity index (χ0n) is 13.5. The SMILES string of the molecule is CCN(Cc1nc(-c2cccs2)no1)C(=O)COc1ccc(Br)cc1. The van der Waals surface area contributed by atoms with Gasteiger partial charge in [-0.05, 0) is 42.6 Å². The number of halogens is 1. The Kier molecular flexibility index (Phi) is 5.83. The topological polar surface area (TPSA) is 68.5 Å². The lowest BCUT2D eigenvalue weighted by Gasteiger charge is -2.18. The first kappa shape index (κ1) is 17.6. The monoisotopic (exact) mass is 421 g/mol. The van der Waals surface area contributed by atoms with Crippen molar-refractivity contribution in [2.75, 3.05) is 13.2 Å². The van der Waals surface area contributed by atoms with Crippen LogP contribution in [0.2, 0.25) is 0 Å². The summed E-state index contributed by atoms with van der Waals surface area (Å²) >= 11 is 4.90. The molecule has 0 atom stereocenters. The van der Waals surface area contributed by atoms with E-state index in [-0.39, 0.29) is 19.1 Å². The van der Waals surface area contributed by atoms with Crippen molar-refractivity contribution in [3.63, 3.8) is 0 Å². The summed E-state index contributed by atoms with van der Waals surface area (Å²) < 4.78 is 11.7. The van der Waals surface area contributed by atoms with Crippen molar-refractivity contribution in [2.45, 2.75) is 13.5 Å². The van der Waals surface area contributed by atoms with Crippen molar-refractivity contribution in [2.24, 2.45) is 0 Å². The van der Waals surface area contributed by atoms with Gasteiger partial charge in [-0.1, -0.05) is 27.2 Å². The molecule has 8 heteroatoms. The maximum absolute atomic E-state index is 12.4. The number of nitrogens with zero attached hydrogens (tertiary/aromatic N) is 3. The number of hydrogen-bond donors (Lipinski definition) is 0. The average Bonchev–Trinajstić information content (AvgIpc) is 3.30. The van der Waals surface area contributed by atoms with Crippen LogP contribution in [0.5, 0.6) is 5.75 Å².